The zero-order chi connectivity index (χ0) is 11.8. The summed E-state index contributed by atoms with van der Waals surface area (Å²) in [5.74, 6) is -0.0248. The van der Waals surface area contributed by atoms with Gasteiger partial charge in [0.1, 0.15) is 0 Å². The van der Waals surface area contributed by atoms with Gasteiger partial charge in [-0.15, -0.1) is 11.8 Å². The van der Waals surface area contributed by atoms with Gasteiger partial charge in [0.2, 0.25) is 0 Å². The van der Waals surface area contributed by atoms with E-state index in [1.807, 2.05) is 13.2 Å². The molecule has 0 radical (unpaired) electrons. The number of carbonyl (C=O) groups excluding carboxylic acids is 1. The second kappa shape index (κ2) is 8.07. The fourth-order valence-electron chi connectivity index (χ4n) is 1.07. The second-order valence-electron chi connectivity index (χ2n) is 3.06. The van der Waals surface area contributed by atoms with E-state index in [0.29, 0.717) is 10.7 Å². The van der Waals surface area contributed by atoms with Crippen molar-refractivity contribution in [3.63, 3.8) is 0 Å². The highest BCUT2D eigenvalue weighted by molar-refractivity contribution is 8.15. The first-order chi connectivity index (χ1) is 7.04. The molecule has 0 aromatic rings. The molecule has 0 rings (SSSR count). The smallest absolute Gasteiger partial charge is 0.160 e. The van der Waals surface area contributed by atoms with E-state index in [4.69, 9.17) is 4.74 Å². The molecule has 0 N–H and O–H groups in total. The van der Waals surface area contributed by atoms with Gasteiger partial charge in [-0.1, -0.05) is 6.92 Å². The summed E-state index contributed by atoms with van der Waals surface area (Å²) in [6.07, 6.45) is 5.97. The molecule has 0 aromatic carbocycles. The zero-order valence-corrected chi connectivity index (χ0v) is 11.2. The molecular formula is C10H18O3S2. The van der Waals surface area contributed by atoms with Gasteiger partial charge in [0.25, 0.3) is 0 Å². The number of ether oxygens (including phenoxy) is 1. The molecular weight excluding hydrogens is 232 g/mol. The topological polar surface area (TPSA) is 43.4 Å². The summed E-state index contributed by atoms with van der Waals surface area (Å²) in [7, 11) is 0.516. The van der Waals surface area contributed by atoms with Crippen LogP contribution in [0.3, 0.4) is 0 Å². The minimum atomic E-state index is -1.08. The number of ketones is 1. The Bertz CT molecular complexity index is 257. The monoisotopic (exact) mass is 250 g/mol. The van der Waals surface area contributed by atoms with E-state index in [9.17, 15) is 9.00 Å². The molecule has 0 spiro atoms. The van der Waals surface area contributed by atoms with E-state index in [1.54, 1.807) is 13.4 Å². The largest absolute Gasteiger partial charge is 0.381 e. The van der Waals surface area contributed by atoms with Crippen molar-refractivity contribution >= 4 is 28.3 Å². The Labute approximate surface area is 98.1 Å². The lowest BCUT2D eigenvalue weighted by molar-refractivity contribution is -0.116. The highest BCUT2D eigenvalue weighted by Gasteiger charge is 2.11. The van der Waals surface area contributed by atoms with Gasteiger partial charge < -0.3 is 4.74 Å². The van der Waals surface area contributed by atoms with Crippen LogP contribution in [0, 0.1) is 0 Å². The number of allylic oxidation sites excluding steroid dienone is 1. The molecule has 0 heterocycles. The van der Waals surface area contributed by atoms with E-state index in [0.717, 1.165) is 6.42 Å². The van der Waals surface area contributed by atoms with Crippen LogP contribution in [-0.4, -0.2) is 35.7 Å². The first kappa shape index (κ1) is 14.9. The molecule has 0 fully saturated rings. The molecule has 3 nitrogen and oxygen atoms in total. The predicted octanol–water partition coefficient (Wildman–Crippen LogP) is 1.95. The Morgan fingerprint density at radius 2 is 2.20 bits per heavy atom. The average Bonchev–Trinajstić information content (AvgIpc) is 2.22. The Kier molecular flexibility index (Phi) is 8.00. The van der Waals surface area contributed by atoms with E-state index < -0.39 is 10.8 Å². The van der Waals surface area contributed by atoms with Crippen LogP contribution in [0.5, 0.6) is 0 Å². The van der Waals surface area contributed by atoms with Crippen molar-refractivity contribution in [2.24, 2.45) is 0 Å². The Balaban J connectivity index is 4.39. The van der Waals surface area contributed by atoms with Gasteiger partial charge in [-0.3, -0.25) is 9.00 Å². The van der Waals surface area contributed by atoms with Crippen molar-refractivity contribution in [1.29, 1.82) is 0 Å². The standard InChI is InChI=1S/C10H18O3S2/c1-5-9(13-2)6-8(11)7-10(14-3)15(4)12/h7,9H,5-6H2,1-4H3/b10-7+. The normalized spacial score (nSPS) is 16.1. The first-order valence-corrected chi connectivity index (χ1v) is 7.48. The van der Waals surface area contributed by atoms with Gasteiger partial charge in [0.15, 0.2) is 5.78 Å². The third-order valence-electron chi connectivity index (χ3n) is 1.98. The van der Waals surface area contributed by atoms with Crippen LogP contribution in [-0.2, 0) is 20.3 Å². The van der Waals surface area contributed by atoms with E-state index in [1.165, 1.54) is 17.8 Å². The summed E-state index contributed by atoms with van der Waals surface area (Å²) >= 11 is 1.35. The lowest BCUT2D eigenvalue weighted by atomic mass is 10.1. The second-order valence-corrected chi connectivity index (χ2v) is 5.51. The minimum Gasteiger partial charge on any atom is -0.381 e. The molecule has 0 bridgehead atoms. The predicted molar refractivity (Wildman–Crippen MR) is 66.4 cm³/mol. The summed E-state index contributed by atoms with van der Waals surface area (Å²) in [6, 6.07) is 0. The molecule has 0 aliphatic heterocycles. The maximum Gasteiger partial charge on any atom is 0.160 e. The molecule has 0 amide bonds. The van der Waals surface area contributed by atoms with Crippen LogP contribution < -0.4 is 0 Å². The summed E-state index contributed by atoms with van der Waals surface area (Å²) < 4.78 is 16.9. The fourth-order valence-corrected chi connectivity index (χ4v) is 2.55. The van der Waals surface area contributed by atoms with Crippen LogP contribution in [0.1, 0.15) is 19.8 Å². The van der Waals surface area contributed by atoms with Crippen LogP contribution in [0.2, 0.25) is 0 Å². The van der Waals surface area contributed by atoms with E-state index in [-0.39, 0.29) is 11.9 Å². The summed E-state index contributed by atoms with van der Waals surface area (Å²) in [6.45, 7) is 1.97. The quantitative estimate of drug-likeness (QED) is 0.648. The molecule has 0 aromatic heterocycles. The van der Waals surface area contributed by atoms with Crippen molar-refractivity contribution in [1.82, 2.24) is 0 Å². The summed E-state index contributed by atoms with van der Waals surface area (Å²) in [4.78, 5) is 11.5. The van der Waals surface area contributed by atoms with Crippen LogP contribution in [0.4, 0.5) is 0 Å². The Morgan fingerprint density at radius 1 is 1.60 bits per heavy atom. The van der Waals surface area contributed by atoms with Crippen molar-refractivity contribution in [2.75, 3.05) is 19.6 Å². The SMILES string of the molecule is CCC(CC(=O)/C=C(\SC)S(C)=O)OC. The molecule has 5 heteroatoms. The third kappa shape index (κ3) is 6.12. The van der Waals surface area contributed by atoms with Gasteiger partial charge in [0, 0.05) is 25.9 Å². The van der Waals surface area contributed by atoms with Gasteiger partial charge in [-0.05, 0) is 12.7 Å². The number of carbonyl (C=O) groups is 1. The van der Waals surface area contributed by atoms with Gasteiger partial charge >= 0.3 is 0 Å². The Morgan fingerprint density at radius 3 is 2.53 bits per heavy atom. The average molecular weight is 250 g/mol. The fraction of sp³-hybridized carbons (Fsp3) is 0.700. The van der Waals surface area contributed by atoms with Gasteiger partial charge in [-0.2, -0.15) is 0 Å². The Hall–Kier alpha value is -0.130. The van der Waals surface area contributed by atoms with Crippen molar-refractivity contribution in [3.05, 3.63) is 10.3 Å². The van der Waals surface area contributed by atoms with Crippen molar-refractivity contribution in [2.45, 2.75) is 25.9 Å². The number of hydrogen-bond acceptors (Lipinski definition) is 4. The third-order valence-corrected chi connectivity index (χ3v) is 4.39. The summed E-state index contributed by atoms with van der Waals surface area (Å²) in [5, 5.41) is 0. The van der Waals surface area contributed by atoms with E-state index >= 15 is 0 Å². The number of thioether (sulfide) groups is 1. The number of rotatable bonds is 7. The van der Waals surface area contributed by atoms with Crippen LogP contribution >= 0.6 is 11.8 Å². The molecule has 2 unspecified atom stereocenters. The molecule has 0 aliphatic carbocycles. The molecule has 2 atom stereocenters. The van der Waals surface area contributed by atoms with Crippen molar-refractivity contribution in [3.8, 4) is 0 Å². The molecule has 0 saturated carbocycles. The lowest BCUT2D eigenvalue weighted by Gasteiger charge is -2.10. The number of hydrogen-bond donors (Lipinski definition) is 0. The zero-order valence-electron chi connectivity index (χ0n) is 9.61. The molecule has 0 saturated heterocycles. The van der Waals surface area contributed by atoms with E-state index in [2.05, 4.69) is 0 Å². The lowest BCUT2D eigenvalue weighted by Crippen LogP contribution is -2.14. The minimum absolute atomic E-state index is 0.0248. The molecule has 0 aliphatic rings. The highest BCUT2D eigenvalue weighted by atomic mass is 32.2. The van der Waals surface area contributed by atoms with Crippen LogP contribution in [0.25, 0.3) is 0 Å². The maximum absolute atomic E-state index is 11.5. The molecule has 15 heavy (non-hydrogen) atoms. The van der Waals surface area contributed by atoms with Crippen molar-refractivity contribution < 1.29 is 13.7 Å². The van der Waals surface area contributed by atoms with Gasteiger partial charge in [0.05, 0.1) is 21.1 Å². The summed E-state index contributed by atoms with van der Waals surface area (Å²) in [5.41, 5.74) is 0. The highest BCUT2D eigenvalue weighted by Crippen LogP contribution is 2.16. The first-order valence-electron chi connectivity index (χ1n) is 4.69. The maximum atomic E-state index is 11.5. The number of methoxy groups -OCH3 is 1. The molecule has 88 valence electrons. The van der Waals surface area contributed by atoms with Gasteiger partial charge in [-0.25, -0.2) is 0 Å². The van der Waals surface area contributed by atoms with Crippen LogP contribution in [0.15, 0.2) is 10.3 Å².